The summed E-state index contributed by atoms with van der Waals surface area (Å²) in [5.74, 6) is -0.0967. The quantitative estimate of drug-likeness (QED) is 0.766. The Morgan fingerprint density at radius 2 is 2.10 bits per heavy atom. The zero-order chi connectivity index (χ0) is 13.9. The van der Waals surface area contributed by atoms with Crippen molar-refractivity contribution in [3.05, 3.63) is 48.0 Å². The van der Waals surface area contributed by atoms with Gasteiger partial charge in [-0.3, -0.25) is 14.8 Å². The van der Waals surface area contributed by atoms with Crippen LogP contribution >= 0.6 is 0 Å². The Hall–Kier alpha value is -2.83. The highest BCUT2D eigenvalue weighted by Crippen LogP contribution is 2.13. The van der Waals surface area contributed by atoms with Crippen molar-refractivity contribution in [3.8, 4) is 0 Å². The number of rotatable bonds is 3. The number of carbonyl (C=O) groups excluding carboxylic acids is 1. The Kier molecular flexibility index (Phi) is 3.08. The summed E-state index contributed by atoms with van der Waals surface area (Å²) in [4.78, 5) is 22.1. The Morgan fingerprint density at radius 1 is 1.25 bits per heavy atom. The topological polar surface area (TPSA) is 87.7 Å². The number of carbonyl (C=O) groups is 1. The van der Waals surface area contributed by atoms with Crippen LogP contribution in [0.2, 0.25) is 0 Å². The molecule has 2 heterocycles. The summed E-state index contributed by atoms with van der Waals surface area (Å²) in [6.07, 6.45) is 4.85. The second-order valence-electron chi connectivity index (χ2n) is 4.39. The average Bonchev–Trinajstić information content (AvgIpc) is 2.94. The molecule has 3 rings (SSSR count). The van der Waals surface area contributed by atoms with Gasteiger partial charge in [-0.15, -0.1) is 0 Å². The minimum Gasteiger partial charge on any atom is -0.336 e. The van der Waals surface area contributed by atoms with Gasteiger partial charge in [-0.25, -0.2) is 0 Å². The van der Waals surface area contributed by atoms with Crippen LogP contribution in [0.4, 0.5) is 0 Å². The van der Waals surface area contributed by atoms with E-state index < -0.39 is 0 Å². The SMILES string of the molecule is CN(Cc1cnccn1)C(=O)c1ccc2n[nH]nc2c1. The maximum absolute atomic E-state index is 12.3. The van der Waals surface area contributed by atoms with Crippen LogP contribution in [0.15, 0.2) is 36.8 Å². The zero-order valence-electron chi connectivity index (χ0n) is 10.8. The largest absolute Gasteiger partial charge is 0.336 e. The molecule has 0 radical (unpaired) electrons. The average molecular weight is 268 g/mol. The van der Waals surface area contributed by atoms with Crippen molar-refractivity contribution in [1.82, 2.24) is 30.3 Å². The number of amides is 1. The third-order valence-corrected chi connectivity index (χ3v) is 2.93. The molecule has 1 aromatic carbocycles. The molecule has 0 atom stereocenters. The second-order valence-corrected chi connectivity index (χ2v) is 4.39. The number of hydrogen-bond acceptors (Lipinski definition) is 5. The van der Waals surface area contributed by atoms with Gasteiger partial charge in [0, 0.05) is 25.0 Å². The molecule has 0 aliphatic rings. The van der Waals surface area contributed by atoms with Gasteiger partial charge in [0.2, 0.25) is 0 Å². The van der Waals surface area contributed by atoms with Crippen LogP contribution in [0.25, 0.3) is 11.0 Å². The van der Waals surface area contributed by atoms with Gasteiger partial charge in [0.1, 0.15) is 11.0 Å². The number of nitrogens with zero attached hydrogens (tertiary/aromatic N) is 5. The third kappa shape index (κ3) is 2.33. The lowest BCUT2D eigenvalue weighted by atomic mass is 10.1. The molecular formula is C13H12N6O. The first kappa shape index (κ1) is 12.2. The molecule has 7 nitrogen and oxygen atoms in total. The van der Waals surface area contributed by atoms with Crippen molar-refractivity contribution in [2.45, 2.75) is 6.54 Å². The maximum Gasteiger partial charge on any atom is 0.254 e. The van der Waals surface area contributed by atoms with E-state index in [0.717, 1.165) is 11.2 Å². The number of fused-ring (bicyclic) bond motifs is 1. The van der Waals surface area contributed by atoms with E-state index in [9.17, 15) is 4.79 Å². The highest BCUT2D eigenvalue weighted by molar-refractivity contribution is 5.97. The lowest BCUT2D eigenvalue weighted by molar-refractivity contribution is 0.0783. The van der Waals surface area contributed by atoms with Crippen molar-refractivity contribution in [3.63, 3.8) is 0 Å². The molecule has 0 unspecified atom stereocenters. The molecule has 1 N–H and O–H groups in total. The molecule has 1 amide bonds. The summed E-state index contributed by atoms with van der Waals surface area (Å²) in [7, 11) is 1.73. The van der Waals surface area contributed by atoms with Gasteiger partial charge < -0.3 is 4.90 Å². The molecule has 3 aromatic rings. The second kappa shape index (κ2) is 5.04. The molecule has 20 heavy (non-hydrogen) atoms. The van der Waals surface area contributed by atoms with Crippen LogP contribution in [0.3, 0.4) is 0 Å². The van der Waals surface area contributed by atoms with E-state index in [1.165, 1.54) is 0 Å². The van der Waals surface area contributed by atoms with E-state index in [0.29, 0.717) is 17.6 Å². The summed E-state index contributed by atoms with van der Waals surface area (Å²) < 4.78 is 0. The van der Waals surface area contributed by atoms with Crippen LogP contribution in [0.5, 0.6) is 0 Å². The van der Waals surface area contributed by atoms with Crippen molar-refractivity contribution in [1.29, 1.82) is 0 Å². The van der Waals surface area contributed by atoms with Crippen molar-refractivity contribution in [2.24, 2.45) is 0 Å². The summed E-state index contributed by atoms with van der Waals surface area (Å²) in [6.45, 7) is 0.406. The summed E-state index contributed by atoms with van der Waals surface area (Å²) >= 11 is 0. The molecule has 0 spiro atoms. The molecule has 2 aromatic heterocycles. The van der Waals surface area contributed by atoms with Gasteiger partial charge in [0.25, 0.3) is 5.91 Å². The van der Waals surface area contributed by atoms with E-state index in [4.69, 9.17) is 0 Å². The molecule has 7 heteroatoms. The number of H-pyrrole nitrogens is 1. The third-order valence-electron chi connectivity index (χ3n) is 2.93. The van der Waals surface area contributed by atoms with E-state index in [1.54, 1.807) is 48.7 Å². The first-order valence-corrected chi connectivity index (χ1v) is 6.05. The van der Waals surface area contributed by atoms with Gasteiger partial charge in [-0.1, -0.05) is 0 Å². The molecule has 0 fully saturated rings. The fraction of sp³-hybridized carbons (Fsp3) is 0.154. The van der Waals surface area contributed by atoms with Crippen LogP contribution in [-0.4, -0.2) is 43.2 Å². The lowest BCUT2D eigenvalue weighted by Gasteiger charge is -2.16. The zero-order valence-corrected chi connectivity index (χ0v) is 10.8. The standard InChI is InChI=1S/C13H12N6O/c1-19(8-10-7-14-4-5-15-10)13(20)9-2-3-11-12(6-9)17-18-16-11/h2-7H,8H2,1H3,(H,16,17,18). The van der Waals surface area contributed by atoms with E-state index in [2.05, 4.69) is 25.4 Å². The van der Waals surface area contributed by atoms with Gasteiger partial charge in [-0.2, -0.15) is 15.4 Å². The lowest BCUT2D eigenvalue weighted by Crippen LogP contribution is -2.26. The normalized spacial score (nSPS) is 10.7. The van der Waals surface area contributed by atoms with Crippen molar-refractivity contribution in [2.75, 3.05) is 7.05 Å². The smallest absolute Gasteiger partial charge is 0.254 e. The molecular weight excluding hydrogens is 256 g/mol. The van der Waals surface area contributed by atoms with Crippen LogP contribution < -0.4 is 0 Å². The van der Waals surface area contributed by atoms with E-state index >= 15 is 0 Å². The first-order chi connectivity index (χ1) is 9.74. The van der Waals surface area contributed by atoms with Crippen molar-refractivity contribution >= 4 is 16.9 Å². The van der Waals surface area contributed by atoms with Gasteiger partial charge >= 0.3 is 0 Å². The van der Waals surface area contributed by atoms with E-state index in [-0.39, 0.29) is 5.91 Å². The molecule has 100 valence electrons. The van der Waals surface area contributed by atoms with Gasteiger partial charge in [-0.05, 0) is 18.2 Å². The number of benzene rings is 1. The molecule has 0 aliphatic heterocycles. The Bertz CT molecular complexity index is 739. The summed E-state index contributed by atoms with van der Waals surface area (Å²) in [5, 5.41) is 10.5. The first-order valence-electron chi connectivity index (χ1n) is 6.05. The van der Waals surface area contributed by atoms with Crippen LogP contribution in [-0.2, 0) is 6.54 Å². The number of aromatic amines is 1. The molecule has 0 bridgehead atoms. The monoisotopic (exact) mass is 268 g/mol. The summed E-state index contributed by atoms with van der Waals surface area (Å²) in [5.41, 5.74) is 2.71. The summed E-state index contributed by atoms with van der Waals surface area (Å²) in [6, 6.07) is 5.22. The number of aromatic nitrogens is 5. The molecule has 0 saturated carbocycles. The number of hydrogen-bond donors (Lipinski definition) is 1. The Morgan fingerprint density at radius 3 is 2.90 bits per heavy atom. The van der Waals surface area contributed by atoms with Gasteiger partial charge in [0.15, 0.2) is 0 Å². The Labute approximate surface area is 114 Å². The van der Waals surface area contributed by atoms with Crippen LogP contribution in [0, 0.1) is 0 Å². The minimum atomic E-state index is -0.0967. The van der Waals surface area contributed by atoms with Crippen molar-refractivity contribution < 1.29 is 4.79 Å². The minimum absolute atomic E-state index is 0.0967. The predicted octanol–water partition coefficient (Wildman–Crippen LogP) is 1.02. The fourth-order valence-corrected chi connectivity index (χ4v) is 1.92. The van der Waals surface area contributed by atoms with Crippen LogP contribution in [0.1, 0.15) is 16.1 Å². The fourth-order valence-electron chi connectivity index (χ4n) is 1.92. The molecule has 0 saturated heterocycles. The molecule has 0 aliphatic carbocycles. The highest BCUT2D eigenvalue weighted by atomic mass is 16.2. The Balaban J connectivity index is 1.80. The highest BCUT2D eigenvalue weighted by Gasteiger charge is 2.13. The maximum atomic E-state index is 12.3. The van der Waals surface area contributed by atoms with Gasteiger partial charge in [0.05, 0.1) is 18.4 Å². The predicted molar refractivity (Wildman–Crippen MR) is 71.7 cm³/mol. The number of nitrogens with one attached hydrogen (secondary N) is 1. The van der Waals surface area contributed by atoms with E-state index in [1.807, 2.05) is 0 Å².